The zero-order valence-electron chi connectivity index (χ0n) is 4.91. The maximum atomic E-state index is 9.75. The Balaban J connectivity index is 3.06. The van der Waals surface area contributed by atoms with E-state index in [1.807, 2.05) is 0 Å². The predicted molar refractivity (Wildman–Crippen MR) is 39.7 cm³/mol. The third-order valence-electron chi connectivity index (χ3n) is 0.865. The van der Waals surface area contributed by atoms with Crippen molar-refractivity contribution in [2.24, 2.45) is 4.99 Å². The summed E-state index contributed by atoms with van der Waals surface area (Å²) in [6.45, 7) is 0. The third-order valence-corrected chi connectivity index (χ3v) is 1.30. The number of hydrogen-bond acceptors (Lipinski definition) is 3. The minimum absolute atomic E-state index is 0.504. The van der Waals surface area contributed by atoms with Crippen molar-refractivity contribution < 1.29 is 4.79 Å². The molecule has 1 aromatic rings. The van der Waals surface area contributed by atoms with E-state index in [9.17, 15) is 4.79 Å². The quantitative estimate of drug-likeness (QED) is 0.511. The van der Waals surface area contributed by atoms with Gasteiger partial charge in [0.1, 0.15) is 0 Å². The Bertz CT molecular complexity index is 281. The van der Waals surface area contributed by atoms with Gasteiger partial charge in [0.15, 0.2) is 0 Å². The molecule has 0 bridgehead atoms. The van der Waals surface area contributed by atoms with Crippen LogP contribution in [0.25, 0.3) is 0 Å². The third kappa shape index (κ3) is 1.76. The monoisotopic (exact) mass is 198 g/mol. The number of nitrogens with zero attached hydrogens (tertiary/aromatic N) is 2. The largest absolute Gasteiger partial charge is 0.261 e. The molecule has 0 radical (unpaired) electrons. The molecule has 0 aliphatic rings. The number of aliphatic imine (C=N–C) groups is 1. The van der Waals surface area contributed by atoms with Gasteiger partial charge >= 0.3 is 0 Å². The van der Waals surface area contributed by atoms with E-state index < -0.39 is 0 Å². The van der Waals surface area contributed by atoms with Crippen LogP contribution in [0.4, 0.5) is 5.69 Å². The van der Waals surface area contributed by atoms with Crippen LogP contribution in [0.5, 0.6) is 0 Å². The molecule has 0 aromatic carbocycles. The Labute approximate surface area is 65.9 Å². The average molecular weight is 199 g/mol. The van der Waals surface area contributed by atoms with E-state index in [1.54, 1.807) is 12.3 Å². The summed E-state index contributed by atoms with van der Waals surface area (Å²) in [5.41, 5.74) is 0.504. The van der Waals surface area contributed by atoms with Gasteiger partial charge < -0.3 is 0 Å². The number of isocyanates is 1. The molecule has 3 nitrogen and oxygen atoms in total. The van der Waals surface area contributed by atoms with Crippen LogP contribution in [0, 0.1) is 0 Å². The van der Waals surface area contributed by atoms with Crippen LogP contribution in [-0.2, 0) is 4.79 Å². The summed E-state index contributed by atoms with van der Waals surface area (Å²) in [6, 6.07) is 1.68. The van der Waals surface area contributed by atoms with Crippen molar-refractivity contribution in [1.82, 2.24) is 4.98 Å². The number of aromatic nitrogens is 1. The number of pyridine rings is 1. The zero-order valence-corrected chi connectivity index (χ0v) is 6.50. The summed E-state index contributed by atoms with van der Waals surface area (Å²) in [7, 11) is 0. The summed E-state index contributed by atoms with van der Waals surface area (Å²) < 4.78 is 0.795. The fourth-order valence-electron chi connectivity index (χ4n) is 0.514. The Kier molecular flexibility index (Phi) is 2.31. The SMILES string of the molecule is O=C=Nc1cncc(Br)c1. The van der Waals surface area contributed by atoms with Crippen LogP contribution < -0.4 is 0 Å². The van der Waals surface area contributed by atoms with E-state index in [4.69, 9.17) is 0 Å². The van der Waals surface area contributed by atoms with Gasteiger partial charge in [-0.15, -0.1) is 0 Å². The number of rotatable bonds is 1. The molecule has 0 saturated heterocycles. The van der Waals surface area contributed by atoms with Gasteiger partial charge in [-0.2, -0.15) is 4.99 Å². The van der Waals surface area contributed by atoms with Crippen LogP contribution in [0.3, 0.4) is 0 Å². The van der Waals surface area contributed by atoms with E-state index >= 15 is 0 Å². The average Bonchev–Trinajstić information content (AvgIpc) is 1.88. The Morgan fingerprint density at radius 3 is 3.00 bits per heavy atom. The van der Waals surface area contributed by atoms with Gasteiger partial charge in [-0.1, -0.05) is 0 Å². The van der Waals surface area contributed by atoms with E-state index in [0.717, 1.165) is 4.47 Å². The molecule has 0 spiro atoms. The second-order valence-corrected chi connectivity index (χ2v) is 2.48. The molecule has 4 heteroatoms. The van der Waals surface area contributed by atoms with Crippen molar-refractivity contribution >= 4 is 27.7 Å². The summed E-state index contributed by atoms with van der Waals surface area (Å²) in [5, 5.41) is 0. The van der Waals surface area contributed by atoms with Gasteiger partial charge in [0.05, 0.1) is 11.9 Å². The lowest BCUT2D eigenvalue weighted by molar-refractivity contribution is 0.565. The molecule has 0 aliphatic heterocycles. The minimum atomic E-state index is 0.504. The summed E-state index contributed by atoms with van der Waals surface area (Å²) in [4.78, 5) is 16.9. The van der Waals surface area contributed by atoms with Gasteiger partial charge in [0.25, 0.3) is 0 Å². The first-order chi connectivity index (χ1) is 4.83. The molecule has 50 valence electrons. The zero-order chi connectivity index (χ0) is 7.40. The highest BCUT2D eigenvalue weighted by Crippen LogP contribution is 2.15. The second kappa shape index (κ2) is 3.25. The smallest absolute Gasteiger partial charge is 0.240 e. The minimum Gasteiger partial charge on any atom is -0.261 e. The maximum Gasteiger partial charge on any atom is 0.240 e. The molecule has 0 N–H and O–H groups in total. The molecule has 10 heavy (non-hydrogen) atoms. The Hall–Kier alpha value is -0.990. The summed E-state index contributed by atoms with van der Waals surface area (Å²) in [5.74, 6) is 0. The molecular formula is C6H3BrN2O. The molecule has 0 amide bonds. The molecule has 0 unspecified atom stereocenters. The van der Waals surface area contributed by atoms with Crippen LogP contribution in [0.1, 0.15) is 0 Å². The lowest BCUT2D eigenvalue weighted by Gasteiger charge is -1.88. The van der Waals surface area contributed by atoms with E-state index in [0.29, 0.717) is 5.69 Å². The molecule has 0 aliphatic carbocycles. The predicted octanol–water partition coefficient (Wildman–Crippen LogP) is 1.81. The lowest BCUT2D eigenvalue weighted by atomic mass is 10.4. The molecule has 0 saturated carbocycles. The highest BCUT2D eigenvalue weighted by molar-refractivity contribution is 9.10. The van der Waals surface area contributed by atoms with Gasteiger partial charge in [0, 0.05) is 10.7 Å². The number of halogens is 1. The second-order valence-electron chi connectivity index (χ2n) is 1.56. The van der Waals surface area contributed by atoms with Crippen LogP contribution in [0.2, 0.25) is 0 Å². The molecule has 1 rings (SSSR count). The van der Waals surface area contributed by atoms with Gasteiger partial charge in [-0.25, -0.2) is 4.79 Å². The van der Waals surface area contributed by atoms with Gasteiger partial charge in [-0.05, 0) is 22.0 Å². The molecule has 1 heterocycles. The normalized spacial score (nSPS) is 8.50. The van der Waals surface area contributed by atoms with E-state index in [1.165, 1.54) is 12.3 Å². The fourth-order valence-corrected chi connectivity index (χ4v) is 0.867. The first-order valence-corrected chi connectivity index (χ1v) is 3.30. The van der Waals surface area contributed by atoms with Gasteiger partial charge in [0.2, 0.25) is 6.08 Å². The van der Waals surface area contributed by atoms with Crippen molar-refractivity contribution in [1.29, 1.82) is 0 Å². The molecule has 0 fully saturated rings. The summed E-state index contributed by atoms with van der Waals surface area (Å²) in [6.07, 6.45) is 4.52. The van der Waals surface area contributed by atoms with Crippen molar-refractivity contribution in [2.75, 3.05) is 0 Å². The standard InChI is InChI=1S/C6H3BrN2O/c7-5-1-6(9-4-10)3-8-2-5/h1-3H. The van der Waals surface area contributed by atoms with Crippen LogP contribution >= 0.6 is 15.9 Å². The molecule has 1 aromatic heterocycles. The number of hydrogen-bond donors (Lipinski definition) is 0. The Morgan fingerprint density at radius 1 is 1.60 bits per heavy atom. The highest BCUT2D eigenvalue weighted by Gasteiger charge is 1.89. The topological polar surface area (TPSA) is 42.3 Å². The van der Waals surface area contributed by atoms with Gasteiger partial charge in [-0.3, -0.25) is 4.98 Å². The highest BCUT2D eigenvalue weighted by atomic mass is 79.9. The van der Waals surface area contributed by atoms with E-state index in [-0.39, 0.29) is 0 Å². The van der Waals surface area contributed by atoms with Crippen LogP contribution in [-0.4, -0.2) is 11.1 Å². The Morgan fingerprint density at radius 2 is 2.40 bits per heavy atom. The number of carbonyl (C=O) groups excluding carboxylic acids is 1. The fraction of sp³-hybridized carbons (Fsp3) is 0. The van der Waals surface area contributed by atoms with Crippen molar-refractivity contribution in [3.8, 4) is 0 Å². The lowest BCUT2D eigenvalue weighted by Crippen LogP contribution is -1.69. The van der Waals surface area contributed by atoms with Crippen molar-refractivity contribution in [3.63, 3.8) is 0 Å². The first kappa shape index (κ1) is 7.12. The van der Waals surface area contributed by atoms with E-state index in [2.05, 4.69) is 25.9 Å². The molecular weight excluding hydrogens is 196 g/mol. The van der Waals surface area contributed by atoms with Crippen molar-refractivity contribution in [2.45, 2.75) is 0 Å². The maximum absolute atomic E-state index is 9.75. The first-order valence-electron chi connectivity index (χ1n) is 2.51. The van der Waals surface area contributed by atoms with Crippen molar-refractivity contribution in [3.05, 3.63) is 22.9 Å². The summed E-state index contributed by atoms with van der Waals surface area (Å²) >= 11 is 3.18. The van der Waals surface area contributed by atoms with Crippen LogP contribution in [0.15, 0.2) is 27.9 Å². The molecule has 0 atom stereocenters.